The number of guanidine groups is 1. The number of likely N-dealkylation sites (tertiary alicyclic amines) is 1. The van der Waals surface area contributed by atoms with Crippen LogP contribution in [-0.2, 0) is 11.3 Å². The van der Waals surface area contributed by atoms with Crippen LogP contribution in [0, 0.1) is 5.41 Å². The molecule has 3 heterocycles. The van der Waals surface area contributed by atoms with E-state index in [0.717, 1.165) is 51.2 Å². The predicted octanol–water partition coefficient (Wildman–Crippen LogP) is 2.73. The van der Waals surface area contributed by atoms with Crippen LogP contribution < -0.4 is 10.2 Å². The van der Waals surface area contributed by atoms with Crippen LogP contribution in [0.15, 0.2) is 23.3 Å². The average Bonchev–Trinajstić information content (AvgIpc) is 2.62. The summed E-state index contributed by atoms with van der Waals surface area (Å²) >= 11 is 0. The number of rotatable bonds is 3. The van der Waals surface area contributed by atoms with Crippen molar-refractivity contribution in [3.63, 3.8) is 0 Å². The molecule has 146 valence electrons. The molecule has 0 aromatic carbocycles. The Morgan fingerprint density at radius 1 is 1.27 bits per heavy atom. The fourth-order valence-corrected chi connectivity index (χ4v) is 3.50. The van der Waals surface area contributed by atoms with Gasteiger partial charge in [-0.1, -0.05) is 19.9 Å². The molecule has 3 rings (SSSR count). The molecule has 7 heteroatoms. The van der Waals surface area contributed by atoms with Crippen molar-refractivity contribution in [2.75, 3.05) is 44.8 Å². The number of aliphatic imine (C=N–C) groups is 1. The first-order valence-electron chi connectivity index (χ1n) is 9.12. The SMILES string of the molecule is CN=C(NCc1cccnc1N1CCOCC1)N1CC(C)(C)C1(C)C.I. The smallest absolute Gasteiger partial charge is 0.194 e. The summed E-state index contributed by atoms with van der Waals surface area (Å²) in [5, 5.41) is 3.54. The van der Waals surface area contributed by atoms with Crippen LogP contribution in [0.25, 0.3) is 0 Å². The highest BCUT2D eigenvalue weighted by atomic mass is 127. The molecule has 6 nitrogen and oxygen atoms in total. The van der Waals surface area contributed by atoms with Gasteiger partial charge in [0, 0.05) is 55.9 Å². The highest BCUT2D eigenvalue weighted by molar-refractivity contribution is 14.0. The van der Waals surface area contributed by atoms with Crippen molar-refractivity contribution >= 4 is 35.8 Å². The van der Waals surface area contributed by atoms with E-state index in [2.05, 4.69) is 58.9 Å². The lowest BCUT2D eigenvalue weighted by Crippen LogP contribution is -2.72. The Kier molecular flexibility index (Phi) is 6.76. The number of pyridine rings is 1. The first-order chi connectivity index (χ1) is 11.9. The molecule has 0 bridgehead atoms. The fourth-order valence-electron chi connectivity index (χ4n) is 3.50. The van der Waals surface area contributed by atoms with Gasteiger partial charge in [-0.25, -0.2) is 4.98 Å². The molecule has 2 saturated heterocycles. The summed E-state index contributed by atoms with van der Waals surface area (Å²) in [7, 11) is 1.86. The van der Waals surface area contributed by atoms with Crippen molar-refractivity contribution in [1.82, 2.24) is 15.2 Å². The Hall–Kier alpha value is -1.09. The monoisotopic (exact) mass is 473 g/mol. The lowest BCUT2D eigenvalue weighted by molar-refractivity contribution is -0.0667. The van der Waals surface area contributed by atoms with Crippen LogP contribution in [0.2, 0.25) is 0 Å². The van der Waals surface area contributed by atoms with Gasteiger partial charge in [-0.05, 0) is 19.9 Å². The standard InChI is InChI=1S/C19H31N5O.HI/c1-18(2)14-24(19(18,3)4)17(20-5)22-13-15-7-6-8-21-16(15)23-9-11-25-12-10-23;/h6-8H,9-14H2,1-5H3,(H,20,22);1H. The van der Waals surface area contributed by atoms with E-state index in [1.54, 1.807) is 0 Å². The molecule has 2 aliphatic rings. The Bertz CT molecular complexity index is 641. The fraction of sp³-hybridized carbons (Fsp3) is 0.684. The van der Waals surface area contributed by atoms with Crippen molar-refractivity contribution in [3.05, 3.63) is 23.9 Å². The van der Waals surface area contributed by atoms with E-state index in [1.165, 1.54) is 5.56 Å². The van der Waals surface area contributed by atoms with Crippen molar-refractivity contribution in [2.24, 2.45) is 10.4 Å². The zero-order valence-electron chi connectivity index (χ0n) is 16.6. The van der Waals surface area contributed by atoms with Gasteiger partial charge in [-0.3, -0.25) is 4.99 Å². The number of morpholine rings is 1. The molecular formula is C19H32IN5O. The third-order valence-corrected chi connectivity index (χ3v) is 5.97. The minimum Gasteiger partial charge on any atom is -0.378 e. The van der Waals surface area contributed by atoms with Crippen molar-refractivity contribution in [2.45, 2.75) is 39.8 Å². The van der Waals surface area contributed by atoms with E-state index in [-0.39, 0.29) is 34.9 Å². The Morgan fingerprint density at radius 2 is 1.96 bits per heavy atom. The lowest BCUT2D eigenvalue weighted by Gasteiger charge is -2.62. The van der Waals surface area contributed by atoms with Gasteiger partial charge < -0.3 is 19.9 Å². The second-order valence-electron chi connectivity index (χ2n) is 8.02. The molecule has 0 aliphatic carbocycles. The second kappa shape index (κ2) is 8.29. The molecule has 1 aromatic rings. The first kappa shape index (κ1) is 21.2. The normalized spacial score (nSPS) is 21.7. The maximum atomic E-state index is 5.46. The van der Waals surface area contributed by atoms with Crippen molar-refractivity contribution in [3.8, 4) is 0 Å². The number of hydrogen-bond acceptors (Lipinski definition) is 4. The summed E-state index contributed by atoms with van der Waals surface area (Å²) in [5.74, 6) is 2.01. The molecule has 0 amide bonds. The lowest BCUT2D eigenvalue weighted by atomic mass is 9.65. The van der Waals surface area contributed by atoms with Gasteiger partial charge >= 0.3 is 0 Å². The molecule has 0 spiro atoms. The number of nitrogens with zero attached hydrogens (tertiary/aromatic N) is 4. The molecule has 0 unspecified atom stereocenters. The summed E-state index contributed by atoms with van der Waals surface area (Å²) in [5.41, 5.74) is 1.58. The van der Waals surface area contributed by atoms with E-state index in [0.29, 0.717) is 0 Å². The third-order valence-electron chi connectivity index (χ3n) is 5.97. The van der Waals surface area contributed by atoms with E-state index in [9.17, 15) is 0 Å². The zero-order chi connectivity index (χ0) is 18.1. The molecule has 1 aromatic heterocycles. The first-order valence-corrected chi connectivity index (χ1v) is 9.12. The Balaban J connectivity index is 0.00000243. The summed E-state index contributed by atoms with van der Waals surface area (Å²) in [4.78, 5) is 13.8. The van der Waals surface area contributed by atoms with Gasteiger partial charge in [-0.15, -0.1) is 24.0 Å². The Labute approximate surface area is 174 Å². The van der Waals surface area contributed by atoms with E-state index >= 15 is 0 Å². The summed E-state index contributed by atoms with van der Waals surface area (Å²) < 4.78 is 5.46. The summed E-state index contributed by atoms with van der Waals surface area (Å²) in [6.07, 6.45) is 1.87. The molecule has 0 atom stereocenters. The van der Waals surface area contributed by atoms with Crippen LogP contribution >= 0.6 is 24.0 Å². The minimum absolute atomic E-state index is 0. The summed E-state index contributed by atoms with van der Waals surface area (Å²) in [6.45, 7) is 14.3. The number of nitrogens with one attached hydrogen (secondary N) is 1. The van der Waals surface area contributed by atoms with Crippen LogP contribution in [0.4, 0.5) is 5.82 Å². The third kappa shape index (κ3) is 3.93. The van der Waals surface area contributed by atoms with E-state index in [1.807, 2.05) is 19.3 Å². The van der Waals surface area contributed by atoms with Gasteiger partial charge in [0.2, 0.25) is 0 Å². The maximum Gasteiger partial charge on any atom is 0.194 e. The molecule has 2 aliphatic heterocycles. The largest absolute Gasteiger partial charge is 0.378 e. The van der Waals surface area contributed by atoms with Crippen LogP contribution in [0.1, 0.15) is 33.3 Å². The average molecular weight is 473 g/mol. The molecular weight excluding hydrogens is 441 g/mol. The second-order valence-corrected chi connectivity index (χ2v) is 8.02. The number of aromatic nitrogens is 1. The number of anilines is 1. The molecule has 26 heavy (non-hydrogen) atoms. The number of hydrogen-bond donors (Lipinski definition) is 1. The van der Waals surface area contributed by atoms with Gasteiger partial charge in [0.05, 0.1) is 13.2 Å². The minimum atomic E-state index is 0. The Morgan fingerprint density at radius 3 is 2.54 bits per heavy atom. The van der Waals surface area contributed by atoms with Gasteiger partial charge in [0.15, 0.2) is 5.96 Å². The van der Waals surface area contributed by atoms with Crippen molar-refractivity contribution < 1.29 is 4.74 Å². The van der Waals surface area contributed by atoms with Crippen LogP contribution in [0.3, 0.4) is 0 Å². The highest BCUT2D eigenvalue weighted by Gasteiger charge is 2.53. The van der Waals surface area contributed by atoms with Gasteiger partial charge in [-0.2, -0.15) is 0 Å². The molecule has 0 saturated carbocycles. The highest BCUT2D eigenvalue weighted by Crippen LogP contribution is 2.46. The zero-order valence-corrected chi connectivity index (χ0v) is 18.9. The van der Waals surface area contributed by atoms with Gasteiger partial charge in [0.25, 0.3) is 0 Å². The van der Waals surface area contributed by atoms with Crippen molar-refractivity contribution in [1.29, 1.82) is 0 Å². The molecule has 2 fully saturated rings. The van der Waals surface area contributed by atoms with E-state index < -0.39 is 0 Å². The molecule has 0 radical (unpaired) electrons. The quantitative estimate of drug-likeness (QED) is 0.416. The van der Waals surface area contributed by atoms with Crippen LogP contribution in [-0.4, -0.2) is 61.3 Å². The van der Waals surface area contributed by atoms with Gasteiger partial charge in [0.1, 0.15) is 5.82 Å². The maximum absolute atomic E-state index is 5.46. The van der Waals surface area contributed by atoms with E-state index in [4.69, 9.17) is 4.74 Å². The number of halogens is 1. The van der Waals surface area contributed by atoms with Crippen LogP contribution in [0.5, 0.6) is 0 Å². The summed E-state index contributed by atoms with van der Waals surface area (Å²) in [6, 6.07) is 4.14. The predicted molar refractivity (Wildman–Crippen MR) is 117 cm³/mol. The number of ether oxygens (including phenoxy) is 1. The molecule has 1 N–H and O–H groups in total. The topological polar surface area (TPSA) is 53.0 Å².